The van der Waals surface area contributed by atoms with E-state index in [0.717, 1.165) is 29.7 Å². The largest absolute Gasteiger partial charge is 0.490 e. The third-order valence-corrected chi connectivity index (χ3v) is 2.81. The van der Waals surface area contributed by atoms with E-state index in [-0.39, 0.29) is 5.41 Å². The molecule has 0 spiro atoms. The first-order chi connectivity index (χ1) is 7.52. The monoisotopic (exact) mass is 220 g/mol. The van der Waals surface area contributed by atoms with E-state index in [9.17, 15) is 0 Å². The van der Waals surface area contributed by atoms with E-state index >= 15 is 0 Å². The molecule has 0 amide bonds. The smallest absolute Gasteiger partial charge is 0.131 e. The second-order valence-electron chi connectivity index (χ2n) is 5.45. The highest BCUT2D eigenvalue weighted by atomic mass is 16.5. The van der Waals surface area contributed by atoms with Gasteiger partial charge in [-0.25, -0.2) is 0 Å². The predicted molar refractivity (Wildman–Crippen MR) is 64.5 cm³/mol. The summed E-state index contributed by atoms with van der Waals surface area (Å²) in [6.45, 7) is 7.00. The van der Waals surface area contributed by atoms with Crippen LogP contribution in [0.2, 0.25) is 0 Å². The molecule has 0 atom stereocenters. The zero-order chi connectivity index (χ0) is 11.8. The standard InChI is InChI=1S/C13H20N2O/c1-13(2,3)11-8-15-7-9(6-14)12(11)16-10-4-5-10/h7-8,10H,4-6,14H2,1-3H3. The van der Waals surface area contributed by atoms with Crippen LogP contribution >= 0.6 is 0 Å². The van der Waals surface area contributed by atoms with Gasteiger partial charge < -0.3 is 10.5 Å². The number of nitrogens with two attached hydrogens (primary N) is 1. The molecule has 0 radical (unpaired) electrons. The van der Waals surface area contributed by atoms with Crippen molar-refractivity contribution in [2.45, 2.75) is 51.7 Å². The van der Waals surface area contributed by atoms with Crippen LogP contribution in [-0.2, 0) is 12.0 Å². The van der Waals surface area contributed by atoms with Crippen LogP contribution in [0.3, 0.4) is 0 Å². The van der Waals surface area contributed by atoms with Crippen molar-refractivity contribution in [2.24, 2.45) is 5.73 Å². The van der Waals surface area contributed by atoms with Crippen LogP contribution in [0.5, 0.6) is 5.75 Å². The molecule has 0 aromatic carbocycles. The summed E-state index contributed by atoms with van der Waals surface area (Å²) in [7, 11) is 0. The Hall–Kier alpha value is -1.09. The van der Waals surface area contributed by atoms with E-state index in [1.54, 1.807) is 0 Å². The molecule has 2 N–H and O–H groups in total. The fourth-order valence-electron chi connectivity index (χ4n) is 1.66. The van der Waals surface area contributed by atoms with E-state index in [2.05, 4.69) is 25.8 Å². The average molecular weight is 220 g/mol. The Morgan fingerprint density at radius 1 is 1.38 bits per heavy atom. The molecule has 1 saturated carbocycles. The average Bonchev–Trinajstić information content (AvgIpc) is 3.00. The molecule has 1 heterocycles. The Morgan fingerprint density at radius 3 is 2.56 bits per heavy atom. The van der Waals surface area contributed by atoms with Crippen molar-refractivity contribution in [2.75, 3.05) is 0 Å². The van der Waals surface area contributed by atoms with E-state index in [1.807, 2.05) is 12.4 Å². The summed E-state index contributed by atoms with van der Waals surface area (Å²) in [6.07, 6.45) is 6.43. The number of ether oxygens (including phenoxy) is 1. The van der Waals surface area contributed by atoms with Gasteiger partial charge in [0.2, 0.25) is 0 Å². The summed E-state index contributed by atoms with van der Waals surface area (Å²) in [4.78, 5) is 4.25. The Bertz CT molecular complexity index is 378. The lowest BCUT2D eigenvalue weighted by Gasteiger charge is -2.24. The normalized spacial score (nSPS) is 16.2. The number of pyridine rings is 1. The minimum absolute atomic E-state index is 0.0441. The highest BCUT2D eigenvalue weighted by Crippen LogP contribution is 2.37. The number of hydrogen-bond acceptors (Lipinski definition) is 3. The van der Waals surface area contributed by atoms with Crippen molar-refractivity contribution in [3.8, 4) is 5.75 Å². The SMILES string of the molecule is CC(C)(C)c1cncc(CN)c1OC1CC1. The maximum Gasteiger partial charge on any atom is 0.131 e. The van der Waals surface area contributed by atoms with Gasteiger partial charge in [0.15, 0.2) is 0 Å². The van der Waals surface area contributed by atoms with Crippen LogP contribution in [0.1, 0.15) is 44.7 Å². The lowest BCUT2D eigenvalue weighted by Crippen LogP contribution is -2.17. The molecule has 3 nitrogen and oxygen atoms in total. The van der Waals surface area contributed by atoms with Gasteiger partial charge in [-0.05, 0) is 18.3 Å². The number of rotatable bonds is 3. The van der Waals surface area contributed by atoms with Crippen LogP contribution in [0.15, 0.2) is 12.4 Å². The van der Waals surface area contributed by atoms with E-state index in [4.69, 9.17) is 10.5 Å². The topological polar surface area (TPSA) is 48.1 Å². The van der Waals surface area contributed by atoms with Gasteiger partial charge in [0.05, 0.1) is 6.10 Å². The summed E-state index contributed by atoms with van der Waals surface area (Å²) >= 11 is 0. The Kier molecular flexibility index (Phi) is 2.89. The molecule has 1 aromatic heterocycles. The van der Waals surface area contributed by atoms with Crippen LogP contribution in [0, 0.1) is 0 Å². The van der Waals surface area contributed by atoms with Gasteiger partial charge in [-0.1, -0.05) is 20.8 Å². The van der Waals surface area contributed by atoms with Gasteiger partial charge in [-0.3, -0.25) is 4.98 Å². The molecular formula is C13H20N2O. The van der Waals surface area contributed by atoms with Crippen LogP contribution < -0.4 is 10.5 Å². The summed E-state index contributed by atoms with van der Waals surface area (Å²) in [6, 6.07) is 0. The Morgan fingerprint density at radius 2 is 2.06 bits per heavy atom. The molecule has 3 heteroatoms. The molecule has 0 saturated heterocycles. The molecule has 88 valence electrons. The lowest BCUT2D eigenvalue weighted by atomic mass is 9.86. The van der Waals surface area contributed by atoms with Crippen molar-refractivity contribution in [1.29, 1.82) is 0 Å². The molecule has 1 aromatic rings. The third kappa shape index (κ3) is 2.35. The van der Waals surface area contributed by atoms with E-state index < -0.39 is 0 Å². The maximum atomic E-state index is 5.98. The molecule has 1 fully saturated rings. The summed E-state index contributed by atoms with van der Waals surface area (Å²) in [5.41, 5.74) is 7.95. The molecule has 16 heavy (non-hydrogen) atoms. The van der Waals surface area contributed by atoms with Gasteiger partial charge in [-0.2, -0.15) is 0 Å². The van der Waals surface area contributed by atoms with Gasteiger partial charge in [0.25, 0.3) is 0 Å². The Labute approximate surface area is 97.0 Å². The first kappa shape index (κ1) is 11.4. The number of nitrogens with zero attached hydrogens (tertiary/aromatic N) is 1. The van der Waals surface area contributed by atoms with Gasteiger partial charge in [0.1, 0.15) is 5.75 Å². The zero-order valence-electron chi connectivity index (χ0n) is 10.3. The van der Waals surface area contributed by atoms with E-state index in [0.29, 0.717) is 12.6 Å². The molecule has 0 bridgehead atoms. The summed E-state index contributed by atoms with van der Waals surface area (Å²) in [5, 5.41) is 0. The molecule has 1 aliphatic rings. The predicted octanol–water partition coefficient (Wildman–Crippen LogP) is 2.38. The molecular weight excluding hydrogens is 200 g/mol. The second-order valence-corrected chi connectivity index (χ2v) is 5.45. The van der Waals surface area contributed by atoms with Gasteiger partial charge in [0, 0.05) is 30.1 Å². The summed E-state index contributed by atoms with van der Waals surface area (Å²) in [5.74, 6) is 0.965. The molecule has 1 aliphatic carbocycles. The van der Waals surface area contributed by atoms with Crippen molar-refractivity contribution in [3.63, 3.8) is 0 Å². The second kappa shape index (κ2) is 4.06. The van der Waals surface area contributed by atoms with Crippen LogP contribution in [0.4, 0.5) is 0 Å². The molecule has 0 aliphatic heterocycles. The van der Waals surface area contributed by atoms with Crippen molar-refractivity contribution in [1.82, 2.24) is 4.98 Å². The Balaban J connectivity index is 2.41. The molecule has 2 rings (SSSR count). The number of hydrogen-bond donors (Lipinski definition) is 1. The first-order valence-electron chi connectivity index (χ1n) is 5.86. The zero-order valence-corrected chi connectivity index (χ0v) is 10.3. The lowest BCUT2D eigenvalue weighted by molar-refractivity contribution is 0.291. The third-order valence-electron chi connectivity index (χ3n) is 2.81. The highest BCUT2D eigenvalue weighted by Gasteiger charge is 2.28. The van der Waals surface area contributed by atoms with Gasteiger partial charge in [-0.15, -0.1) is 0 Å². The van der Waals surface area contributed by atoms with Crippen LogP contribution in [0.25, 0.3) is 0 Å². The van der Waals surface area contributed by atoms with Crippen molar-refractivity contribution >= 4 is 0 Å². The maximum absolute atomic E-state index is 5.98. The van der Waals surface area contributed by atoms with Crippen LogP contribution in [-0.4, -0.2) is 11.1 Å². The van der Waals surface area contributed by atoms with Crippen molar-refractivity contribution in [3.05, 3.63) is 23.5 Å². The fraction of sp³-hybridized carbons (Fsp3) is 0.615. The van der Waals surface area contributed by atoms with Gasteiger partial charge >= 0.3 is 0 Å². The summed E-state index contributed by atoms with van der Waals surface area (Å²) < 4.78 is 5.98. The number of aromatic nitrogens is 1. The molecule has 0 unspecified atom stereocenters. The minimum Gasteiger partial charge on any atom is -0.490 e. The quantitative estimate of drug-likeness (QED) is 0.850. The minimum atomic E-state index is 0.0441. The highest BCUT2D eigenvalue weighted by molar-refractivity contribution is 5.43. The van der Waals surface area contributed by atoms with E-state index in [1.165, 1.54) is 0 Å². The van der Waals surface area contributed by atoms with Crippen molar-refractivity contribution < 1.29 is 4.74 Å². The first-order valence-corrected chi connectivity index (χ1v) is 5.86. The fourth-order valence-corrected chi connectivity index (χ4v) is 1.66.